The summed E-state index contributed by atoms with van der Waals surface area (Å²) in [4.78, 5) is 20.6. The molecule has 0 radical (unpaired) electrons. The lowest BCUT2D eigenvalue weighted by atomic mass is 10.2. The lowest BCUT2D eigenvalue weighted by molar-refractivity contribution is -0.154. The predicted octanol–water partition coefficient (Wildman–Crippen LogP) is 0.394. The maximum atomic E-state index is 10.5. The molecule has 0 spiro atoms. The summed E-state index contributed by atoms with van der Waals surface area (Å²) in [6, 6.07) is 0. The van der Waals surface area contributed by atoms with Crippen LogP contribution >= 0.6 is 0 Å². The molecule has 0 aromatic carbocycles. The van der Waals surface area contributed by atoms with E-state index in [9.17, 15) is 9.59 Å². The van der Waals surface area contributed by atoms with E-state index in [2.05, 4.69) is 11.3 Å². The number of carbonyl (C=O) groups excluding carboxylic acids is 1. The van der Waals surface area contributed by atoms with Crippen molar-refractivity contribution in [1.29, 1.82) is 0 Å². The van der Waals surface area contributed by atoms with Crippen molar-refractivity contribution in [2.24, 2.45) is 5.92 Å². The van der Waals surface area contributed by atoms with Crippen LogP contribution in [0.1, 0.15) is 6.92 Å². The molecule has 0 bridgehead atoms. The first-order chi connectivity index (χ1) is 4.59. The van der Waals surface area contributed by atoms with Gasteiger partial charge in [-0.05, 0) is 6.92 Å². The molecule has 0 saturated heterocycles. The summed E-state index contributed by atoms with van der Waals surface area (Å²) in [6.45, 7) is 4.35. The smallest absolute Gasteiger partial charge is 0.324 e. The van der Waals surface area contributed by atoms with Crippen LogP contribution in [0.4, 0.5) is 0 Å². The van der Waals surface area contributed by atoms with Crippen molar-refractivity contribution >= 4 is 11.9 Å². The number of rotatable bonds is 3. The van der Waals surface area contributed by atoms with E-state index in [1.165, 1.54) is 6.92 Å². The molecule has 0 aromatic heterocycles. The van der Waals surface area contributed by atoms with Gasteiger partial charge in [-0.15, -0.1) is 0 Å². The van der Waals surface area contributed by atoms with Crippen molar-refractivity contribution in [2.45, 2.75) is 6.92 Å². The molecule has 10 heavy (non-hydrogen) atoms. The van der Waals surface area contributed by atoms with Gasteiger partial charge >= 0.3 is 11.9 Å². The van der Waals surface area contributed by atoms with E-state index in [1.807, 2.05) is 0 Å². The minimum Gasteiger partial charge on any atom is -0.481 e. The highest BCUT2D eigenvalue weighted by Crippen LogP contribution is 1.97. The van der Waals surface area contributed by atoms with E-state index in [0.717, 1.165) is 6.26 Å². The normalized spacial score (nSPS) is 11.7. The Balaban J connectivity index is 3.94. The molecule has 0 amide bonds. The summed E-state index contributed by atoms with van der Waals surface area (Å²) in [5, 5.41) is 8.24. The van der Waals surface area contributed by atoms with E-state index in [4.69, 9.17) is 5.11 Å². The highest BCUT2D eigenvalue weighted by molar-refractivity contribution is 5.93. The summed E-state index contributed by atoms with van der Waals surface area (Å²) in [6.07, 6.45) is 0.905. The Morgan fingerprint density at radius 2 is 2.20 bits per heavy atom. The Bertz CT molecular complexity index is 161. The molecule has 1 N–H and O–H groups in total. The van der Waals surface area contributed by atoms with Crippen LogP contribution in [0.15, 0.2) is 12.8 Å². The zero-order valence-electron chi connectivity index (χ0n) is 5.53. The summed E-state index contributed by atoms with van der Waals surface area (Å²) in [7, 11) is 0. The molecule has 0 heterocycles. The summed E-state index contributed by atoms with van der Waals surface area (Å²) >= 11 is 0. The summed E-state index contributed by atoms with van der Waals surface area (Å²) in [5.41, 5.74) is 0. The highest BCUT2D eigenvalue weighted by Gasteiger charge is 2.20. The van der Waals surface area contributed by atoms with Gasteiger partial charge in [-0.2, -0.15) is 0 Å². The topological polar surface area (TPSA) is 63.6 Å². The highest BCUT2D eigenvalue weighted by atomic mass is 16.5. The van der Waals surface area contributed by atoms with Crippen LogP contribution in [0.25, 0.3) is 0 Å². The van der Waals surface area contributed by atoms with Crippen LogP contribution < -0.4 is 0 Å². The fourth-order valence-electron chi connectivity index (χ4n) is 0.285. The number of hydrogen-bond donors (Lipinski definition) is 1. The van der Waals surface area contributed by atoms with Gasteiger partial charge in [-0.25, -0.2) is 0 Å². The molecule has 4 heteroatoms. The van der Waals surface area contributed by atoms with Crippen LogP contribution in [0.2, 0.25) is 0 Å². The third kappa shape index (κ3) is 2.30. The maximum absolute atomic E-state index is 10.5. The molecular formula is C6H8O4. The van der Waals surface area contributed by atoms with Gasteiger partial charge in [0.2, 0.25) is 0 Å². The molecular weight excluding hydrogens is 136 g/mol. The largest absolute Gasteiger partial charge is 0.481 e. The fourth-order valence-corrected chi connectivity index (χ4v) is 0.285. The standard InChI is InChI=1S/C6H8O4/c1-3-10-6(9)4(2)5(7)8/h3-4H,1H2,2H3,(H,7,8). The second-order valence-electron chi connectivity index (χ2n) is 1.66. The van der Waals surface area contributed by atoms with Gasteiger partial charge in [-0.1, -0.05) is 6.58 Å². The van der Waals surface area contributed by atoms with Crippen LogP contribution in [-0.4, -0.2) is 17.0 Å². The first-order valence-electron chi connectivity index (χ1n) is 2.63. The minimum atomic E-state index is -1.20. The van der Waals surface area contributed by atoms with E-state index >= 15 is 0 Å². The molecule has 1 atom stereocenters. The van der Waals surface area contributed by atoms with Gasteiger partial charge in [-0.3, -0.25) is 9.59 Å². The van der Waals surface area contributed by atoms with E-state index < -0.39 is 17.9 Å². The Hall–Kier alpha value is -1.32. The number of aliphatic carboxylic acids is 1. The van der Waals surface area contributed by atoms with Gasteiger partial charge < -0.3 is 9.84 Å². The van der Waals surface area contributed by atoms with Crippen molar-refractivity contribution in [1.82, 2.24) is 0 Å². The average molecular weight is 144 g/mol. The van der Waals surface area contributed by atoms with Crippen molar-refractivity contribution in [2.75, 3.05) is 0 Å². The second kappa shape index (κ2) is 3.66. The Labute approximate surface area is 58.1 Å². The molecule has 0 rings (SSSR count). The van der Waals surface area contributed by atoms with Gasteiger partial charge in [0.1, 0.15) is 0 Å². The van der Waals surface area contributed by atoms with Gasteiger partial charge in [0, 0.05) is 0 Å². The molecule has 0 fully saturated rings. The Kier molecular flexibility index (Phi) is 3.17. The van der Waals surface area contributed by atoms with Crippen molar-refractivity contribution < 1.29 is 19.4 Å². The zero-order valence-corrected chi connectivity index (χ0v) is 5.53. The van der Waals surface area contributed by atoms with Crippen LogP contribution in [0.3, 0.4) is 0 Å². The number of hydrogen-bond acceptors (Lipinski definition) is 3. The molecule has 1 unspecified atom stereocenters. The van der Waals surface area contributed by atoms with E-state index in [-0.39, 0.29) is 0 Å². The molecule has 0 aliphatic carbocycles. The second-order valence-corrected chi connectivity index (χ2v) is 1.66. The van der Waals surface area contributed by atoms with E-state index in [1.54, 1.807) is 0 Å². The summed E-state index contributed by atoms with van der Waals surface area (Å²) < 4.78 is 4.21. The molecule has 0 aromatic rings. The van der Waals surface area contributed by atoms with Gasteiger partial charge in [0.05, 0.1) is 6.26 Å². The van der Waals surface area contributed by atoms with Crippen LogP contribution in [0, 0.1) is 5.92 Å². The van der Waals surface area contributed by atoms with Crippen molar-refractivity contribution in [3.63, 3.8) is 0 Å². The monoisotopic (exact) mass is 144 g/mol. The first kappa shape index (κ1) is 8.68. The minimum absolute atomic E-state index is 0.803. The Morgan fingerprint density at radius 3 is 2.50 bits per heavy atom. The number of ether oxygens (including phenoxy) is 1. The maximum Gasteiger partial charge on any atom is 0.324 e. The number of carboxylic acids is 1. The first-order valence-corrected chi connectivity index (χ1v) is 2.63. The third-order valence-corrected chi connectivity index (χ3v) is 0.923. The van der Waals surface area contributed by atoms with E-state index in [0.29, 0.717) is 0 Å². The van der Waals surface area contributed by atoms with Crippen molar-refractivity contribution in [3.05, 3.63) is 12.8 Å². The third-order valence-electron chi connectivity index (χ3n) is 0.923. The van der Waals surface area contributed by atoms with Crippen LogP contribution in [-0.2, 0) is 14.3 Å². The molecule has 0 saturated carbocycles. The zero-order chi connectivity index (χ0) is 8.15. The molecule has 4 nitrogen and oxygen atoms in total. The number of carboxylic acid groups (broad SMARTS) is 1. The SMILES string of the molecule is C=COC(=O)C(C)C(=O)O. The quantitative estimate of drug-likeness (QED) is 0.353. The van der Waals surface area contributed by atoms with Gasteiger partial charge in [0.15, 0.2) is 5.92 Å². The average Bonchev–Trinajstić information content (AvgIpc) is 1.87. The number of esters is 1. The Morgan fingerprint density at radius 1 is 1.70 bits per heavy atom. The van der Waals surface area contributed by atoms with Crippen LogP contribution in [0.5, 0.6) is 0 Å². The lowest BCUT2D eigenvalue weighted by Gasteiger charge is -2.01. The number of carbonyl (C=O) groups is 2. The molecule has 56 valence electrons. The van der Waals surface area contributed by atoms with Crippen molar-refractivity contribution in [3.8, 4) is 0 Å². The predicted molar refractivity (Wildman–Crippen MR) is 33.1 cm³/mol. The molecule has 0 aliphatic heterocycles. The fraction of sp³-hybridized carbons (Fsp3) is 0.333. The summed E-state index contributed by atoms with van der Waals surface area (Å²) in [5.74, 6) is -3.13. The lowest BCUT2D eigenvalue weighted by Crippen LogP contribution is -2.20. The van der Waals surface area contributed by atoms with Gasteiger partial charge in [0.25, 0.3) is 0 Å². The molecule has 0 aliphatic rings.